The largest absolute Gasteiger partial charge is 0.338 e. The molecule has 1 aromatic rings. The average Bonchev–Trinajstić information content (AvgIpc) is 2.78. The van der Waals surface area contributed by atoms with Crippen molar-refractivity contribution < 1.29 is 23.2 Å². The van der Waals surface area contributed by atoms with E-state index in [0.29, 0.717) is 24.0 Å². The van der Waals surface area contributed by atoms with E-state index < -0.39 is 23.5 Å². The molecule has 4 nitrogen and oxygen atoms in total. The van der Waals surface area contributed by atoms with Gasteiger partial charge in [-0.1, -0.05) is 0 Å². The van der Waals surface area contributed by atoms with Crippen LogP contribution in [0.1, 0.15) is 25.0 Å². The Labute approximate surface area is 115 Å². The molecule has 1 aliphatic rings. The maximum Gasteiger partial charge on any atom is 0.329 e. The molecule has 0 atom stereocenters. The van der Waals surface area contributed by atoms with Crippen LogP contribution >= 0.6 is 0 Å². The van der Waals surface area contributed by atoms with E-state index in [2.05, 4.69) is 0 Å². The minimum Gasteiger partial charge on any atom is -0.338 e. The molecule has 0 radical (unpaired) electrons. The summed E-state index contributed by atoms with van der Waals surface area (Å²) in [6, 6.07) is 2.25. The van der Waals surface area contributed by atoms with Gasteiger partial charge in [0.25, 0.3) is 5.91 Å². The number of hydrogen-bond acceptors (Lipinski definition) is 3. The molecule has 0 saturated heterocycles. The van der Waals surface area contributed by atoms with Gasteiger partial charge in [0.2, 0.25) is 0 Å². The zero-order valence-electron chi connectivity index (χ0n) is 11.3. The Kier molecular flexibility index (Phi) is 4.01. The van der Waals surface area contributed by atoms with Crippen molar-refractivity contribution in [2.24, 2.45) is 5.92 Å². The topological polar surface area (TPSA) is 46.6 Å². The lowest BCUT2D eigenvalue weighted by molar-refractivity contribution is -0.198. The number of hydrogen-bond donors (Lipinski definition) is 0. The maximum atomic E-state index is 13.2. The lowest BCUT2D eigenvalue weighted by Gasteiger charge is -2.21. The van der Waals surface area contributed by atoms with Crippen molar-refractivity contribution in [2.45, 2.75) is 26.7 Å². The summed E-state index contributed by atoms with van der Waals surface area (Å²) in [7, 11) is 0. The van der Waals surface area contributed by atoms with Gasteiger partial charge in [-0.2, -0.15) is 5.06 Å². The van der Waals surface area contributed by atoms with Gasteiger partial charge in [0.15, 0.2) is 11.6 Å². The fourth-order valence-electron chi connectivity index (χ4n) is 2.41. The molecule has 0 aliphatic heterocycles. The molecule has 1 amide bonds. The lowest BCUT2D eigenvalue weighted by atomic mass is 10.1. The number of amides is 1. The van der Waals surface area contributed by atoms with Gasteiger partial charge in [0.1, 0.15) is 0 Å². The van der Waals surface area contributed by atoms with E-state index in [-0.39, 0.29) is 12.5 Å². The van der Waals surface area contributed by atoms with E-state index in [4.69, 9.17) is 4.84 Å². The van der Waals surface area contributed by atoms with Crippen LogP contribution in [0.3, 0.4) is 0 Å². The van der Waals surface area contributed by atoms with E-state index in [9.17, 15) is 18.4 Å². The summed E-state index contributed by atoms with van der Waals surface area (Å²) >= 11 is 0. The molecule has 0 spiro atoms. The monoisotopic (exact) mass is 283 g/mol. The zero-order chi connectivity index (χ0) is 14.9. The van der Waals surface area contributed by atoms with Crippen molar-refractivity contribution in [3.05, 3.63) is 34.9 Å². The van der Waals surface area contributed by atoms with E-state index in [0.717, 1.165) is 17.2 Å². The highest BCUT2D eigenvalue weighted by molar-refractivity contribution is 5.81. The second kappa shape index (κ2) is 5.56. The molecule has 0 bridgehead atoms. The number of nitrogens with zero attached hydrogens (tertiary/aromatic N) is 1. The molecular formula is C14H15F2NO3. The summed E-state index contributed by atoms with van der Waals surface area (Å²) in [6.45, 7) is 3.13. The third-order valence-electron chi connectivity index (χ3n) is 3.30. The minimum absolute atomic E-state index is 0.230. The summed E-state index contributed by atoms with van der Waals surface area (Å²) in [5.41, 5.74) is 1.25. The highest BCUT2D eigenvalue weighted by Crippen LogP contribution is 2.30. The predicted molar refractivity (Wildman–Crippen MR) is 66.4 cm³/mol. The summed E-state index contributed by atoms with van der Waals surface area (Å²) < 4.78 is 26.3. The van der Waals surface area contributed by atoms with E-state index >= 15 is 0 Å². The van der Waals surface area contributed by atoms with Crippen LogP contribution in [-0.4, -0.2) is 23.5 Å². The quantitative estimate of drug-likeness (QED) is 0.780. The van der Waals surface area contributed by atoms with Gasteiger partial charge in [-0.15, -0.1) is 0 Å². The second-order valence-electron chi connectivity index (χ2n) is 4.76. The molecule has 1 aromatic carbocycles. The first-order valence-corrected chi connectivity index (χ1v) is 6.39. The fourth-order valence-corrected chi connectivity index (χ4v) is 2.41. The Hall–Kier alpha value is -1.98. The summed E-state index contributed by atoms with van der Waals surface area (Å²) in [5.74, 6) is -3.20. The lowest BCUT2D eigenvalue weighted by Crippen LogP contribution is -2.37. The Bertz CT molecular complexity index is 529. The summed E-state index contributed by atoms with van der Waals surface area (Å²) in [4.78, 5) is 28.0. The number of benzene rings is 1. The number of carbonyl (C=O) groups excluding carboxylic acids is 2. The van der Waals surface area contributed by atoms with E-state index in [1.54, 1.807) is 6.92 Å². The molecule has 0 unspecified atom stereocenters. The Morgan fingerprint density at radius 1 is 1.25 bits per heavy atom. The highest BCUT2D eigenvalue weighted by Gasteiger charge is 2.32. The van der Waals surface area contributed by atoms with Crippen molar-refractivity contribution in [3.8, 4) is 0 Å². The van der Waals surface area contributed by atoms with Gasteiger partial charge >= 0.3 is 5.97 Å². The van der Waals surface area contributed by atoms with Crippen LogP contribution in [0.4, 0.5) is 8.78 Å². The molecule has 0 aromatic heterocycles. The molecule has 0 saturated carbocycles. The van der Waals surface area contributed by atoms with Gasteiger partial charge in [-0.25, -0.2) is 8.78 Å². The first kappa shape index (κ1) is 14.4. The Balaban J connectivity index is 2.13. The SMILES string of the molecule is CCN(OC(C)=O)C(=O)C1Cc2cc(F)c(F)cc2C1. The molecule has 0 fully saturated rings. The van der Waals surface area contributed by atoms with Gasteiger partial charge in [0.05, 0.1) is 6.54 Å². The van der Waals surface area contributed by atoms with Crippen molar-refractivity contribution >= 4 is 11.9 Å². The molecule has 20 heavy (non-hydrogen) atoms. The van der Waals surface area contributed by atoms with Gasteiger partial charge in [0, 0.05) is 12.8 Å². The average molecular weight is 283 g/mol. The standard InChI is InChI=1S/C14H15F2NO3/c1-3-17(20-8(2)18)14(19)11-4-9-6-12(15)13(16)7-10(9)5-11/h6-7,11H,3-5H2,1-2H3. The van der Waals surface area contributed by atoms with Crippen LogP contribution < -0.4 is 0 Å². The minimum atomic E-state index is -0.913. The maximum absolute atomic E-state index is 13.2. The first-order chi connectivity index (χ1) is 9.42. The number of carbonyl (C=O) groups is 2. The smallest absolute Gasteiger partial charge is 0.329 e. The summed E-state index contributed by atoms with van der Waals surface area (Å²) in [5, 5.41) is 0.992. The molecule has 1 aliphatic carbocycles. The Morgan fingerprint density at radius 3 is 2.15 bits per heavy atom. The third kappa shape index (κ3) is 2.79. The Morgan fingerprint density at radius 2 is 1.75 bits per heavy atom. The molecule has 6 heteroatoms. The van der Waals surface area contributed by atoms with Crippen LogP contribution in [0.15, 0.2) is 12.1 Å². The van der Waals surface area contributed by atoms with E-state index in [1.807, 2.05) is 0 Å². The first-order valence-electron chi connectivity index (χ1n) is 6.39. The highest BCUT2D eigenvalue weighted by atomic mass is 19.2. The molecule has 0 heterocycles. The molecular weight excluding hydrogens is 268 g/mol. The fraction of sp³-hybridized carbons (Fsp3) is 0.429. The third-order valence-corrected chi connectivity index (χ3v) is 3.30. The van der Waals surface area contributed by atoms with Crippen LogP contribution in [-0.2, 0) is 27.3 Å². The summed E-state index contributed by atoms with van der Waals surface area (Å²) in [6.07, 6.45) is 0.645. The normalized spacial score (nSPS) is 14.0. The van der Waals surface area contributed by atoms with Crippen LogP contribution in [0.25, 0.3) is 0 Å². The van der Waals surface area contributed by atoms with Crippen LogP contribution in [0, 0.1) is 17.6 Å². The number of hydroxylamine groups is 2. The van der Waals surface area contributed by atoms with Gasteiger partial charge in [-0.05, 0) is 43.0 Å². The van der Waals surface area contributed by atoms with Crippen molar-refractivity contribution in [2.75, 3.05) is 6.54 Å². The predicted octanol–water partition coefficient (Wildman–Crippen LogP) is 2.01. The molecule has 2 rings (SSSR count). The van der Waals surface area contributed by atoms with Crippen molar-refractivity contribution in [3.63, 3.8) is 0 Å². The number of rotatable bonds is 2. The van der Waals surface area contributed by atoms with E-state index in [1.165, 1.54) is 6.92 Å². The van der Waals surface area contributed by atoms with Gasteiger partial charge < -0.3 is 4.84 Å². The number of halogens is 2. The van der Waals surface area contributed by atoms with Crippen LogP contribution in [0.2, 0.25) is 0 Å². The zero-order valence-corrected chi connectivity index (χ0v) is 11.3. The van der Waals surface area contributed by atoms with Crippen LogP contribution in [0.5, 0.6) is 0 Å². The van der Waals surface area contributed by atoms with Crippen molar-refractivity contribution in [1.29, 1.82) is 0 Å². The molecule has 108 valence electrons. The number of fused-ring (bicyclic) bond motifs is 1. The van der Waals surface area contributed by atoms with Gasteiger partial charge in [-0.3, -0.25) is 9.59 Å². The molecule has 0 N–H and O–H groups in total. The second-order valence-corrected chi connectivity index (χ2v) is 4.76. The van der Waals surface area contributed by atoms with Crippen molar-refractivity contribution in [1.82, 2.24) is 5.06 Å².